The molecule has 154 valence electrons. The van der Waals surface area contributed by atoms with Crippen LogP contribution in [0.25, 0.3) is 0 Å². The van der Waals surface area contributed by atoms with E-state index in [1.165, 1.54) is 12.1 Å². The van der Waals surface area contributed by atoms with Gasteiger partial charge >= 0.3 is 6.03 Å². The number of carbonyl (C=O) groups is 1. The Morgan fingerprint density at radius 2 is 1.68 bits per heavy atom. The summed E-state index contributed by atoms with van der Waals surface area (Å²) >= 11 is 0. The molecule has 4 saturated carbocycles. The number of amides is 2. The van der Waals surface area contributed by atoms with Crippen LogP contribution in [0.2, 0.25) is 0 Å². The Balaban J connectivity index is 1.65. The van der Waals surface area contributed by atoms with E-state index in [1.807, 2.05) is 0 Å². The first kappa shape index (κ1) is 19.7. The fraction of sp³-hybridized carbons (Fsp3) is 0.667. The van der Waals surface area contributed by atoms with Crippen molar-refractivity contribution in [2.45, 2.75) is 80.9 Å². The minimum atomic E-state index is -4.00. The second-order valence-electron chi connectivity index (χ2n) is 10.1. The van der Waals surface area contributed by atoms with E-state index >= 15 is 0 Å². The van der Waals surface area contributed by atoms with Crippen molar-refractivity contribution < 1.29 is 18.3 Å². The summed E-state index contributed by atoms with van der Waals surface area (Å²) in [4.78, 5) is 13.5. The highest BCUT2D eigenvalue weighted by molar-refractivity contribution is 7.89. The third-order valence-corrected chi connectivity index (χ3v) is 8.54. The van der Waals surface area contributed by atoms with E-state index in [0.29, 0.717) is 18.3 Å². The van der Waals surface area contributed by atoms with Crippen LogP contribution < -0.4 is 5.32 Å². The molecule has 2 amide bonds. The molecule has 5 rings (SSSR count). The summed E-state index contributed by atoms with van der Waals surface area (Å²) in [7, 11) is -4.00. The standard InChI is InChI=1S/C21H30N2O4S/c1-19(2,3)23(28(26,27)17-7-5-4-6-8-17)18(24)22-20-10-15-9-16(11-20)13-21(25,12-15)14-20/h4-8,15-16,25H,9-14H2,1-3H3,(H,22,24). The summed E-state index contributed by atoms with van der Waals surface area (Å²) in [6.45, 7) is 5.17. The van der Waals surface area contributed by atoms with Crippen LogP contribution in [0.3, 0.4) is 0 Å². The first-order valence-corrected chi connectivity index (χ1v) is 11.5. The zero-order chi connectivity index (χ0) is 20.4. The van der Waals surface area contributed by atoms with E-state index in [9.17, 15) is 18.3 Å². The lowest BCUT2D eigenvalue weighted by Crippen LogP contribution is -2.68. The summed E-state index contributed by atoms with van der Waals surface area (Å²) in [5, 5.41) is 14.0. The number of benzene rings is 1. The van der Waals surface area contributed by atoms with Gasteiger partial charge in [-0.05, 0) is 83.3 Å². The van der Waals surface area contributed by atoms with Crippen LogP contribution in [0.4, 0.5) is 4.79 Å². The predicted octanol–water partition coefficient (Wildman–Crippen LogP) is 3.27. The third kappa shape index (κ3) is 3.32. The van der Waals surface area contributed by atoms with Crippen molar-refractivity contribution in [2.75, 3.05) is 0 Å². The van der Waals surface area contributed by atoms with Crippen molar-refractivity contribution in [3.05, 3.63) is 30.3 Å². The quantitative estimate of drug-likeness (QED) is 0.807. The van der Waals surface area contributed by atoms with Gasteiger partial charge in [-0.3, -0.25) is 0 Å². The van der Waals surface area contributed by atoms with Gasteiger partial charge in [0.05, 0.1) is 16.0 Å². The highest BCUT2D eigenvalue weighted by atomic mass is 32.2. The molecule has 4 fully saturated rings. The SMILES string of the molecule is CC(C)(C)N(C(=O)NC12CC3CC(CC(O)(C3)C1)C2)S(=O)(=O)c1ccccc1. The highest BCUT2D eigenvalue weighted by Gasteiger charge is 2.58. The number of sulfonamides is 1. The highest BCUT2D eigenvalue weighted by Crippen LogP contribution is 2.57. The van der Waals surface area contributed by atoms with E-state index < -0.39 is 32.7 Å². The number of carbonyl (C=O) groups excluding carboxylic acids is 1. The van der Waals surface area contributed by atoms with Crippen LogP contribution in [-0.4, -0.2) is 40.5 Å². The second-order valence-corrected chi connectivity index (χ2v) is 11.9. The molecule has 4 aliphatic rings. The molecule has 4 aliphatic carbocycles. The van der Waals surface area contributed by atoms with Crippen LogP contribution in [0.5, 0.6) is 0 Å². The Labute approximate surface area is 167 Å². The number of nitrogens with zero attached hydrogens (tertiary/aromatic N) is 1. The number of rotatable bonds is 3. The molecule has 2 N–H and O–H groups in total. The summed E-state index contributed by atoms with van der Waals surface area (Å²) in [5.74, 6) is 0.806. The molecular weight excluding hydrogens is 376 g/mol. The largest absolute Gasteiger partial charge is 0.390 e. The minimum Gasteiger partial charge on any atom is -0.390 e. The summed E-state index contributed by atoms with van der Waals surface area (Å²) in [5.41, 5.74) is -2.15. The van der Waals surface area contributed by atoms with Crippen LogP contribution in [0.15, 0.2) is 35.2 Å². The van der Waals surface area contributed by atoms with Gasteiger partial charge in [-0.25, -0.2) is 17.5 Å². The Morgan fingerprint density at radius 3 is 2.18 bits per heavy atom. The molecule has 1 aromatic carbocycles. The molecule has 0 heterocycles. The van der Waals surface area contributed by atoms with Gasteiger partial charge < -0.3 is 10.4 Å². The van der Waals surface area contributed by atoms with Crippen molar-refractivity contribution in [3.63, 3.8) is 0 Å². The maximum atomic E-state index is 13.4. The predicted molar refractivity (Wildman–Crippen MR) is 106 cm³/mol. The van der Waals surface area contributed by atoms with Crippen LogP contribution in [-0.2, 0) is 10.0 Å². The number of nitrogens with one attached hydrogen (secondary N) is 1. The van der Waals surface area contributed by atoms with Gasteiger partial charge in [-0.1, -0.05) is 18.2 Å². The molecule has 28 heavy (non-hydrogen) atoms. The monoisotopic (exact) mass is 406 g/mol. The maximum absolute atomic E-state index is 13.4. The van der Waals surface area contributed by atoms with E-state index in [1.54, 1.807) is 39.0 Å². The number of hydrogen-bond acceptors (Lipinski definition) is 4. The molecule has 0 spiro atoms. The molecular formula is C21H30N2O4S. The number of aliphatic hydroxyl groups is 1. The zero-order valence-electron chi connectivity index (χ0n) is 16.8. The lowest BCUT2D eigenvalue weighted by Gasteiger charge is -2.60. The van der Waals surface area contributed by atoms with Crippen molar-refractivity contribution in [3.8, 4) is 0 Å². The molecule has 0 aromatic heterocycles. The van der Waals surface area contributed by atoms with Gasteiger partial charge in [0, 0.05) is 5.54 Å². The molecule has 6 nitrogen and oxygen atoms in total. The van der Waals surface area contributed by atoms with E-state index in [2.05, 4.69) is 5.32 Å². The van der Waals surface area contributed by atoms with Gasteiger partial charge in [0.15, 0.2) is 0 Å². The topological polar surface area (TPSA) is 86.7 Å². The van der Waals surface area contributed by atoms with Gasteiger partial charge in [-0.15, -0.1) is 0 Å². The fourth-order valence-electron chi connectivity index (χ4n) is 6.11. The van der Waals surface area contributed by atoms with Crippen LogP contribution >= 0.6 is 0 Å². The maximum Gasteiger partial charge on any atom is 0.332 e. The Bertz CT molecular complexity index is 861. The smallest absolute Gasteiger partial charge is 0.332 e. The van der Waals surface area contributed by atoms with Crippen LogP contribution in [0.1, 0.15) is 59.3 Å². The molecule has 0 radical (unpaired) electrons. The van der Waals surface area contributed by atoms with E-state index in [-0.39, 0.29) is 4.90 Å². The summed E-state index contributed by atoms with van der Waals surface area (Å²) in [6, 6.07) is 7.47. The van der Waals surface area contributed by atoms with Gasteiger partial charge in [0.25, 0.3) is 10.0 Å². The average molecular weight is 407 g/mol. The molecule has 2 unspecified atom stereocenters. The molecule has 4 bridgehead atoms. The van der Waals surface area contributed by atoms with Gasteiger partial charge in [0.2, 0.25) is 0 Å². The number of hydrogen-bond donors (Lipinski definition) is 2. The molecule has 0 aliphatic heterocycles. The number of urea groups is 1. The van der Waals surface area contributed by atoms with Crippen molar-refractivity contribution in [1.82, 2.24) is 9.62 Å². The lowest BCUT2D eigenvalue weighted by molar-refractivity contribution is -0.139. The second kappa shape index (κ2) is 6.20. The Hall–Kier alpha value is -1.60. The summed E-state index contributed by atoms with van der Waals surface area (Å²) < 4.78 is 27.5. The van der Waals surface area contributed by atoms with E-state index in [4.69, 9.17) is 0 Å². The molecule has 7 heteroatoms. The lowest BCUT2D eigenvalue weighted by atomic mass is 9.51. The van der Waals surface area contributed by atoms with Crippen molar-refractivity contribution >= 4 is 16.1 Å². The minimum absolute atomic E-state index is 0.101. The van der Waals surface area contributed by atoms with Gasteiger partial charge in [0.1, 0.15) is 0 Å². The normalized spacial score (nSPS) is 34.3. The molecule has 0 saturated heterocycles. The first-order chi connectivity index (χ1) is 12.9. The van der Waals surface area contributed by atoms with Crippen molar-refractivity contribution in [1.29, 1.82) is 0 Å². The van der Waals surface area contributed by atoms with Crippen LogP contribution in [0, 0.1) is 11.8 Å². The first-order valence-electron chi connectivity index (χ1n) is 10.1. The summed E-state index contributed by atoms with van der Waals surface area (Å²) in [6.07, 6.45) is 4.86. The van der Waals surface area contributed by atoms with Gasteiger partial charge in [-0.2, -0.15) is 0 Å². The Kier molecular flexibility index (Phi) is 4.36. The molecule has 1 aromatic rings. The average Bonchev–Trinajstić information content (AvgIpc) is 2.50. The van der Waals surface area contributed by atoms with E-state index in [0.717, 1.165) is 36.4 Å². The third-order valence-electron chi connectivity index (χ3n) is 6.48. The van der Waals surface area contributed by atoms with Crippen molar-refractivity contribution in [2.24, 2.45) is 11.8 Å². The fourth-order valence-corrected chi connectivity index (χ4v) is 7.81. The Morgan fingerprint density at radius 1 is 1.11 bits per heavy atom. The molecule has 2 atom stereocenters. The zero-order valence-corrected chi connectivity index (χ0v) is 17.6.